The van der Waals surface area contributed by atoms with Gasteiger partial charge in [0.15, 0.2) is 0 Å². The Balaban J connectivity index is 2.17. The molecule has 0 radical (unpaired) electrons. The maximum absolute atomic E-state index is 8.64. The fourth-order valence-electron chi connectivity index (χ4n) is 3.05. The second-order valence-electron chi connectivity index (χ2n) is 8.46. The number of rotatable bonds is 10. The number of nitrogens with one attached hydrogen (secondary N) is 2. The third-order valence-corrected chi connectivity index (χ3v) is 5.56. The van der Waals surface area contributed by atoms with Crippen LogP contribution in [0.3, 0.4) is 0 Å². The summed E-state index contributed by atoms with van der Waals surface area (Å²) in [6, 6.07) is 0. The number of nitrogens with zero attached hydrogens (tertiary/aromatic N) is 3. The van der Waals surface area contributed by atoms with Crippen LogP contribution in [0.25, 0.3) is 0 Å². The molecule has 2 N–H and O–H groups in total. The van der Waals surface area contributed by atoms with Crippen LogP contribution in [0.4, 0.5) is 0 Å². The summed E-state index contributed by atoms with van der Waals surface area (Å²) in [5, 5.41) is 18.4. The molecule has 2 aliphatic heterocycles. The van der Waals surface area contributed by atoms with Crippen LogP contribution in [0.1, 0.15) is 59.8 Å². The molecule has 0 aromatic carbocycles. The Morgan fingerprint density at radius 1 is 1.40 bits per heavy atom. The minimum atomic E-state index is 0.334. The molecule has 0 aromatic heterocycles. The van der Waals surface area contributed by atoms with Crippen molar-refractivity contribution in [3.63, 3.8) is 0 Å². The molecule has 2 heterocycles. The Hall–Kier alpha value is -2.50. The quantitative estimate of drug-likeness (QED) is 0.302. The number of hydrogen-bond donors (Lipinski definition) is 2. The van der Waals surface area contributed by atoms with Gasteiger partial charge in [-0.25, -0.2) is 0 Å². The Kier molecular flexibility index (Phi) is 9.22. The van der Waals surface area contributed by atoms with E-state index in [-0.39, 0.29) is 0 Å². The van der Waals surface area contributed by atoms with Crippen molar-refractivity contribution in [2.45, 2.75) is 66.6 Å². The van der Waals surface area contributed by atoms with Crippen molar-refractivity contribution < 1.29 is 0 Å². The first-order chi connectivity index (χ1) is 14.4. The summed E-state index contributed by atoms with van der Waals surface area (Å²) in [5.74, 6) is 2.97. The summed E-state index contributed by atoms with van der Waals surface area (Å²) in [5.41, 5.74) is 3.79. The van der Waals surface area contributed by atoms with Crippen molar-refractivity contribution in [2.75, 3.05) is 6.54 Å². The molecular weight excluding hydrogens is 369 g/mol. The van der Waals surface area contributed by atoms with Gasteiger partial charge in [0.1, 0.15) is 0 Å². The zero-order valence-electron chi connectivity index (χ0n) is 19.2. The van der Waals surface area contributed by atoms with Crippen LogP contribution in [0.5, 0.6) is 0 Å². The molecule has 0 aromatic rings. The zero-order chi connectivity index (χ0) is 22.0. The van der Waals surface area contributed by atoms with E-state index in [1.807, 2.05) is 44.3 Å². The van der Waals surface area contributed by atoms with Crippen molar-refractivity contribution >= 4 is 30.6 Å². The third kappa shape index (κ3) is 7.40. The SMILES string of the molecule is C/B=C/CCC(=N)/C(=C\N=C(/C)NCCC(C)(C)CC)C1=CN2N=CCC=C2C=C1. The Morgan fingerprint density at radius 3 is 2.93 bits per heavy atom. The van der Waals surface area contributed by atoms with Crippen molar-refractivity contribution in [3.05, 3.63) is 47.5 Å². The van der Waals surface area contributed by atoms with Crippen molar-refractivity contribution in [1.82, 2.24) is 10.3 Å². The molecule has 0 bridgehead atoms. The van der Waals surface area contributed by atoms with Gasteiger partial charge in [0, 0.05) is 0 Å². The fourth-order valence-corrected chi connectivity index (χ4v) is 3.05. The van der Waals surface area contributed by atoms with Gasteiger partial charge in [0.25, 0.3) is 0 Å². The molecule has 0 saturated heterocycles. The molecular formula is C24H36BN5. The third-order valence-electron chi connectivity index (χ3n) is 5.56. The Morgan fingerprint density at radius 2 is 2.20 bits per heavy atom. The van der Waals surface area contributed by atoms with Crippen LogP contribution in [-0.2, 0) is 0 Å². The summed E-state index contributed by atoms with van der Waals surface area (Å²) in [6.07, 6.45) is 16.6. The topological polar surface area (TPSA) is 63.8 Å². The molecule has 2 aliphatic rings. The molecule has 6 heteroatoms. The summed E-state index contributed by atoms with van der Waals surface area (Å²) >= 11 is 0. The summed E-state index contributed by atoms with van der Waals surface area (Å²) in [4.78, 5) is 4.64. The number of amidine groups is 1. The molecule has 0 fully saturated rings. The second kappa shape index (κ2) is 11.6. The summed E-state index contributed by atoms with van der Waals surface area (Å²) < 4.78 is 0. The van der Waals surface area contributed by atoms with Crippen molar-refractivity contribution in [3.8, 4) is 0 Å². The van der Waals surface area contributed by atoms with Crippen LogP contribution in [0.15, 0.2) is 57.6 Å². The van der Waals surface area contributed by atoms with E-state index >= 15 is 0 Å². The van der Waals surface area contributed by atoms with Crippen LogP contribution in [0, 0.1) is 10.8 Å². The molecule has 2 rings (SSSR count). The first kappa shape index (κ1) is 23.8. The fraction of sp³-hybridized carbons (Fsp3) is 0.500. The van der Waals surface area contributed by atoms with Gasteiger partial charge in [-0.05, 0) is 0 Å². The number of allylic oxidation sites excluding steroid dienone is 5. The standard InChI is InChI=1S/C24H36BN5/c1-6-24(3,4)13-16-27-19(2)28-17-22(23(26)10-7-14-25-5)20-11-12-21-9-8-15-29-30(21)18-20/h9,11-12,14-15,17-18,26H,6-8,10,13,16H2,1-5H3,(H,27,28)/b22-17-,26-23?. The number of hydrogen-bond acceptors (Lipinski definition) is 4. The first-order valence-corrected chi connectivity index (χ1v) is 11.0. The van der Waals surface area contributed by atoms with Gasteiger partial charge in [-0.3, -0.25) is 0 Å². The monoisotopic (exact) mass is 405 g/mol. The molecule has 0 atom stereocenters. The second-order valence-corrected chi connectivity index (χ2v) is 8.46. The molecule has 160 valence electrons. The van der Waals surface area contributed by atoms with Crippen molar-refractivity contribution in [1.29, 1.82) is 5.41 Å². The first-order valence-electron chi connectivity index (χ1n) is 11.0. The predicted molar refractivity (Wildman–Crippen MR) is 133 cm³/mol. The number of hydrazone groups is 1. The Bertz CT molecular complexity index is 825. The minimum absolute atomic E-state index is 0.334. The van der Waals surface area contributed by atoms with Gasteiger partial charge in [-0.2, -0.15) is 0 Å². The number of fused-ring (bicyclic) bond motifs is 1. The van der Waals surface area contributed by atoms with E-state index in [4.69, 9.17) is 5.41 Å². The molecule has 0 spiro atoms. The van der Waals surface area contributed by atoms with E-state index in [1.54, 1.807) is 0 Å². The molecule has 5 nitrogen and oxygen atoms in total. The van der Waals surface area contributed by atoms with Crippen LogP contribution >= 0.6 is 0 Å². The van der Waals surface area contributed by atoms with E-state index in [0.29, 0.717) is 17.5 Å². The van der Waals surface area contributed by atoms with Gasteiger partial charge in [-0.1, -0.05) is 27.2 Å². The van der Waals surface area contributed by atoms with E-state index in [1.165, 1.54) is 0 Å². The van der Waals surface area contributed by atoms with E-state index < -0.39 is 0 Å². The molecule has 30 heavy (non-hydrogen) atoms. The van der Waals surface area contributed by atoms with Gasteiger partial charge >= 0.3 is 155 Å². The molecule has 0 unspecified atom stereocenters. The van der Waals surface area contributed by atoms with E-state index in [2.05, 4.69) is 60.4 Å². The Labute approximate surface area is 182 Å². The maximum atomic E-state index is 8.64. The van der Waals surface area contributed by atoms with Gasteiger partial charge < -0.3 is 0 Å². The average molecular weight is 405 g/mol. The zero-order valence-corrected chi connectivity index (χ0v) is 19.2. The molecule has 0 saturated carbocycles. The van der Waals surface area contributed by atoms with Crippen molar-refractivity contribution in [2.24, 2.45) is 15.5 Å². The van der Waals surface area contributed by atoms with Gasteiger partial charge in [0.2, 0.25) is 0 Å². The van der Waals surface area contributed by atoms with E-state index in [0.717, 1.165) is 54.9 Å². The molecule has 0 amide bonds. The number of aliphatic imine (C=N–C) groups is 1. The van der Waals surface area contributed by atoms with Crippen LogP contribution in [0.2, 0.25) is 6.82 Å². The van der Waals surface area contributed by atoms with E-state index in [9.17, 15) is 0 Å². The average Bonchev–Trinajstić information content (AvgIpc) is 2.74. The summed E-state index contributed by atoms with van der Waals surface area (Å²) in [6.45, 7) is 13.7. The predicted octanol–water partition coefficient (Wildman–Crippen LogP) is 5.09. The summed E-state index contributed by atoms with van der Waals surface area (Å²) in [7, 11) is 0. The van der Waals surface area contributed by atoms with Crippen LogP contribution in [-0.4, -0.2) is 42.2 Å². The normalized spacial score (nSPS) is 16.9. The van der Waals surface area contributed by atoms with Crippen LogP contribution < -0.4 is 5.32 Å². The van der Waals surface area contributed by atoms with Gasteiger partial charge in [-0.15, -0.1) is 0 Å². The molecule has 0 aliphatic carbocycles. The van der Waals surface area contributed by atoms with Gasteiger partial charge in [0.05, 0.1) is 0 Å².